The van der Waals surface area contributed by atoms with Gasteiger partial charge in [0.1, 0.15) is 11.6 Å². The van der Waals surface area contributed by atoms with Gasteiger partial charge in [0.2, 0.25) is 0 Å². The van der Waals surface area contributed by atoms with Crippen LogP contribution in [0.3, 0.4) is 0 Å². The van der Waals surface area contributed by atoms with Crippen LogP contribution in [0.5, 0.6) is 0 Å². The first-order chi connectivity index (χ1) is 11.5. The number of rotatable bonds is 5. The van der Waals surface area contributed by atoms with E-state index >= 15 is 0 Å². The number of carbonyl (C=O) groups excluding carboxylic acids is 1. The first-order valence-electron chi connectivity index (χ1n) is 8.48. The summed E-state index contributed by atoms with van der Waals surface area (Å²) >= 11 is 0. The quantitative estimate of drug-likeness (QED) is 0.665. The van der Waals surface area contributed by atoms with Gasteiger partial charge in [0.15, 0.2) is 0 Å². The van der Waals surface area contributed by atoms with E-state index in [4.69, 9.17) is 0 Å². The van der Waals surface area contributed by atoms with Crippen LogP contribution in [0, 0.1) is 11.3 Å². The summed E-state index contributed by atoms with van der Waals surface area (Å²) in [6, 6.07) is 10.5. The summed E-state index contributed by atoms with van der Waals surface area (Å²) in [5.41, 5.74) is 2.59. The van der Waals surface area contributed by atoms with E-state index in [1.807, 2.05) is 20.0 Å². The lowest BCUT2D eigenvalue weighted by Gasteiger charge is -2.32. The number of hydrogen-bond donors (Lipinski definition) is 1. The summed E-state index contributed by atoms with van der Waals surface area (Å²) < 4.78 is 0. The van der Waals surface area contributed by atoms with E-state index in [2.05, 4.69) is 41.4 Å². The number of likely N-dealkylation sites (N-methyl/N-ethyl adjacent to an activating group) is 1. The average molecular weight is 326 g/mol. The van der Waals surface area contributed by atoms with Crippen LogP contribution in [0.15, 0.2) is 36.0 Å². The van der Waals surface area contributed by atoms with Gasteiger partial charge in [-0.2, -0.15) is 5.26 Å². The lowest BCUT2D eigenvalue weighted by atomic mass is 10.1. The third-order valence-corrected chi connectivity index (χ3v) is 4.51. The molecule has 0 spiro atoms. The Hall–Kier alpha value is -2.32. The van der Waals surface area contributed by atoms with Gasteiger partial charge in [-0.05, 0) is 31.5 Å². The van der Waals surface area contributed by atoms with Crippen LogP contribution >= 0.6 is 0 Å². The molecule has 0 aromatic heterocycles. The van der Waals surface area contributed by atoms with Crippen LogP contribution in [-0.4, -0.2) is 48.9 Å². The van der Waals surface area contributed by atoms with Gasteiger partial charge in [0.25, 0.3) is 5.91 Å². The summed E-state index contributed by atoms with van der Waals surface area (Å²) in [5.74, 6) is -0.188. The minimum Gasteiger partial charge on any atom is -0.383 e. The first kappa shape index (κ1) is 18.0. The second kappa shape index (κ2) is 8.51. The van der Waals surface area contributed by atoms with Crippen LogP contribution in [0.1, 0.15) is 31.0 Å². The number of aryl methyl sites for hydroxylation is 1. The number of hydrogen-bond acceptors (Lipinski definition) is 4. The zero-order chi connectivity index (χ0) is 17.5. The molecule has 0 saturated carbocycles. The minimum absolute atomic E-state index is 0.0412. The average Bonchev–Trinajstić information content (AvgIpc) is 2.62. The SMILES string of the molecule is CCc1ccc(C(C)N/C=C(/C#N)C(=O)N2CCN(C)CC2)cc1. The zero-order valence-corrected chi connectivity index (χ0v) is 14.7. The normalized spacial score (nSPS) is 17.2. The molecule has 1 aromatic carbocycles. The molecule has 1 aromatic rings. The Morgan fingerprint density at radius 1 is 1.29 bits per heavy atom. The maximum atomic E-state index is 12.4. The van der Waals surface area contributed by atoms with Crippen molar-refractivity contribution < 1.29 is 4.79 Å². The highest BCUT2D eigenvalue weighted by Gasteiger charge is 2.22. The molecule has 1 saturated heterocycles. The monoisotopic (exact) mass is 326 g/mol. The Morgan fingerprint density at radius 3 is 2.46 bits per heavy atom. The number of nitriles is 1. The highest BCUT2D eigenvalue weighted by Crippen LogP contribution is 2.14. The highest BCUT2D eigenvalue weighted by atomic mass is 16.2. The topological polar surface area (TPSA) is 59.4 Å². The molecule has 1 atom stereocenters. The van der Waals surface area contributed by atoms with Crippen LogP contribution in [0.25, 0.3) is 0 Å². The Balaban J connectivity index is 1.99. The van der Waals surface area contributed by atoms with Crippen LogP contribution < -0.4 is 5.32 Å². The van der Waals surface area contributed by atoms with E-state index < -0.39 is 0 Å². The molecule has 5 heteroatoms. The maximum absolute atomic E-state index is 12.4. The standard InChI is InChI=1S/C19H26N4O/c1-4-16-5-7-17(8-6-16)15(2)21-14-18(13-20)19(24)23-11-9-22(3)10-12-23/h5-8,14-15,21H,4,9-12H2,1-3H3/b18-14-. The largest absolute Gasteiger partial charge is 0.383 e. The highest BCUT2D eigenvalue weighted by molar-refractivity contribution is 5.97. The summed E-state index contributed by atoms with van der Waals surface area (Å²) in [4.78, 5) is 16.4. The van der Waals surface area contributed by atoms with Crippen molar-refractivity contribution >= 4 is 5.91 Å². The smallest absolute Gasteiger partial charge is 0.266 e. The van der Waals surface area contributed by atoms with Crippen molar-refractivity contribution in [2.24, 2.45) is 0 Å². The molecule has 1 heterocycles. The van der Waals surface area contributed by atoms with Gasteiger partial charge in [-0.1, -0.05) is 31.2 Å². The van der Waals surface area contributed by atoms with Crippen molar-refractivity contribution in [1.82, 2.24) is 15.1 Å². The third-order valence-electron chi connectivity index (χ3n) is 4.51. The number of nitrogens with one attached hydrogen (secondary N) is 1. The van der Waals surface area contributed by atoms with E-state index in [9.17, 15) is 10.1 Å². The predicted octanol–water partition coefficient (Wildman–Crippen LogP) is 2.08. The molecule has 1 amide bonds. The van der Waals surface area contributed by atoms with Crippen LogP contribution in [-0.2, 0) is 11.2 Å². The molecule has 1 unspecified atom stereocenters. The molecule has 0 bridgehead atoms. The van der Waals surface area contributed by atoms with Gasteiger partial charge < -0.3 is 15.1 Å². The summed E-state index contributed by atoms with van der Waals surface area (Å²) in [6.45, 7) is 7.18. The van der Waals surface area contributed by atoms with Gasteiger partial charge in [0, 0.05) is 38.4 Å². The fourth-order valence-electron chi connectivity index (χ4n) is 2.67. The van der Waals surface area contributed by atoms with E-state index in [0.717, 1.165) is 25.1 Å². The van der Waals surface area contributed by atoms with Gasteiger partial charge in [-0.3, -0.25) is 4.79 Å². The summed E-state index contributed by atoms with van der Waals surface area (Å²) in [6.07, 6.45) is 2.57. The first-order valence-corrected chi connectivity index (χ1v) is 8.48. The van der Waals surface area contributed by atoms with Crippen LogP contribution in [0.4, 0.5) is 0 Å². The maximum Gasteiger partial charge on any atom is 0.266 e. The van der Waals surface area contributed by atoms with E-state index in [1.165, 1.54) is 5.56 Å². The Morgan fingerprint density at radius 2 is 1.92 bits per heavy atom. The van der Waals surface area contributed by atoms with Crippen molar-refractivity contribution in [3.63, 3.8) is 0 Å². The molecular weight excluding hydrogens is 300 g/mol. The summed E-state index contributed by atoms with van der Waals surface area (Å²) in [5, 5.41) is 12.5. The molecule has 1 aliphatic heterocycles. The Bertz CT molecular complexity index is 622. The molecule has 5 nitrogen and oxygen atoms in total. The molecule has 1 fully saturated rings. The van der Waals surface area contributed by atoms with Gasteiger partial charge in [-0.15, -0.1) is 0 Å². The van der Waals surface area contributed by atoms with Gasteiger partial charge >= 0.3 is 0 Å². The van der Waals surface area contributed by atoms with Gasteiger partial charge in [0.05, 0.1) is 0 Å². The fourth-order valence-corrected chi connectivity index (χ4v) is 2.67. The number of amides is 1. The number of benzene rings is 1. The third kappa shape index (κ3) is 4.59. The molecule has 24 heavy (non-hydrogen) atoms. The lowest BCUT2D eigenvalue weighted by Crippen LogP contribution is -2.47. The van der Waals surface area contributed by atoms with Crippen molar-refractivity contribution in [1.29, 1.82) is 5.26 Å². The molecule has 1 N–H and O–H groups in total. The van der Waals surface area contributed by atoms with Gasteiger partial charge in [-0.25, -0.2) is 0 Å². The number of nitrogens with zero attached hydrogens (tertiary/aromatic N) is 3. The molecule has 2 rings (SSSR count). The zero-order valence-electron chi connectivity index (χ0n) is 14.7. The second-order valence-corrected chi connectivity index (χ2v) is 6.25. The van der Waals surface area contributed by atoms with E-state index in [0.29, 0.717) is 13.1 Å². The second-order valence-electron chi connectivity index (χ2n) is 6.25. The van der Waals surface area contributed by atoms with Crippen LogP contribution in [0.2, 0.25) is 0 Å². The lowest BCUT2D eigenvalue weighted by molar-refractivity contribution is -0.128. The molecule has 0 radical (unpaired) electrons. The van der Waals surface area contributed by atoms with Crippen molar-refractivity contribution in [3.8, 4) is 6.07 Å². The molecule has 128 valence electrons. The van der Waals surface area contributed by atoms with Crippen molar-refractivity contribution in [3.05, 3.63) is 47.2 Å². The van der Waals surface area contributed by atoms with Crippen molar-refractivity contribution in [2.75, 3.05) is 33.2 Å². The molecule has 1 aliphatic rings. The summed E-state index contributed by atoms with van der Waals surface area (Å²) in [7, 11) is 2.04. The minimum atomic E-state index is -0.188. The Labute approximate surface area is 144 Å². The van der Waals surface area contributed by atoms with E-state index in [1.54, 1.807) is 11.1 Å². The molecular formula is C19H26N4O. The number of piperazine rings is 1. The van der Waals surface area contributed by atoms with E-state index in [-0.39, 0.29) is 17.5 Å². The van der Waals surface area contributed by atoms with Crippen molar-refractivity contribution in [2.45, 2.75) is 26.3 Å². The Kier molecular flexibility index (Phi) is 6.39. The number of carbonyl (C=O) groups is 1. The fraction of sp³-hybridized carbons (Fsp3) is 0.474. The predicted molar refractivity (Wildman–Crippen MR) is 95.1 cm³/mol. The molecule has 0 aliphatic carbocycles.